The Hall–Kier alpha value is -3.46. The molecule has 0 unspecified atom stereocenters. The number of benzene rings is 2. The van der Waals surface area contributed by atoms with Crippen molar-refractivity contribution in [1.82, 2.24) is 4.98 Å². The first kappa shape index (κ1) is 16.4. The number of rotatable bonds is 4. The monoisotopic (exact) mass is 338 g/mol. The molecule has 0 aliphatic carbocycles. The van der Waals surface area contributed by atoms with Gasteiger partial charge in [0, 0.05) is 5.56 Å². The van der Waals surface area contributed by atoms with Crippen molar-refractivity contribution in [2.24, 2.45) is 0 Å². The second kappa shape index (κ2) is 6.97. The van der Waals surface area contributed by atoms with Gasteiger partial charge >= 0.3 is 0 Å². The third-order valence-electron chi connectivity index (χ3n) is 3.37. The van der Waals surface area contributed by atoms with E-state index in [9.17, 15) is 8.78 Å². The van der Waals surface area contributed by atoms with Crippen LogP contribution in [0, 0.1) is 29.9 Å². The number of nitrogens with zero attached hydrogens (tertiary/aromatic N) is 2. The molecule has 0 aliphatic rings. The number of para-hydroxylation sites is 1. The van der Waals surface area contributed by atoms with Crippen LogP contribution in [0.5, 0.6) is 23.3 Å². The molecular weight excluding hydrogens is 326 g/mol. The van der Waals surface area contributed by atoms with Gasteiger partial charge in [0.15, 0.2) is 11.6 Å². The van der Waals surface area contributed by atoms with Crippen molar-refractivity contribution in [3.63, 3.8) is 0 Å². The molecule has 0 radical (unpaired) electrons. The van der Waals surface area contributed by atoms with Gasteiger partial charge in [0.1, 0.15) is 11.5 Å². The van der Waals surface area contributed by atoms with E-state index in [4.69, 9.17) is 14.7 Å². The molecule has 1 heterocycles. The second-order valence-electron chi connectivity index (χ2n) is 5.13. The zero-order valence-electron chi connectivity index (χ0n) is 13.2. The SMILES string of the molecule is Cc1c(F)c(Oc2ccccc2)nc(Oc2cccc(C#N)c2)c1F. The number of ether oxygens (including phenoxy) is 2. The lowest BCUT2D eigenvalue weighted by Crippen LogP contribution is -2.02. The molecule has 124 valence electrons. The minimum absolute atomic E-state index is 0.210. The first-order chi connectivity index (χ1) is 12.1. The fraction of sp³-hybridized carbons (Fsp3) is 0.0526. The van der Waals surface area contributed by atoms with Gasteiger partial charge in [-0.25, -0.2) is 8.78 Å². The molecule has 0 aliphatic heterocycles. The number of halogens is 2. The molecule has 2 aromatic carbocycles. The van der Waals surface area contributed by atoms with Crippen LogP contribution in [-0.2, 0) is 0 Å². The Kier molecular flexibility index (Phi) is 4.57. The van der Waals surface area contributed by atoms with Crippen molar-refractivity contribution >= 4 is 0 Å². The van der Waals surface area contributed by atoms with Gasteiger partial charge in [0.2, 0.25) is 0 Å². The Morgan fingerprint density at radius 2 is 1.48 bits per heavy atom. The highest BCUT2D eigenvalue weighted by Gasteiger charge is 2.20. The van der Waals surface area contributed by atoms with E-state index in [1.807, 2.05) is 6.07 Å². The summed E-state index contributed by atoms with van der Waals surface area (Å²) in [6, 6.07) is 16.5. The van der Waals surface area contributed by atoms with Crippen LogP contribution in [0.1, 0.15) is 11.1 Å². The second-order valence-corrected chi connectivity index (χ2v) is 5.13. The van der Waals surface area contributed by atoms with Gasteiger partial charge < -0.3 is 9.47 Å². The molecule has 0 saturated heterocycles. The molecule has 0 N–H and O–H groups in total. The summed E-state index contributed by atoms with van der Waals surface area (Å²) in [6.45, 7) is 1.27. The number of aromatic nitrogens is 1. The predicted octanol–water partition coefficient (Wildman–Crippen LogP) is 5.12. The van der Waals surface area contributed by atoms with Gasteiger partial charge in [-0.3, -0.25) is 0 Å². The zero-order chi connectivity index (χ0) is 17.8. The third kappa shape index (κ3) is 3.56. The zero-order valence-corrected chi connectivity index (χ0v) is 13.2. The molecule has 0 amide bonds. The van der Waals surface area contributed by atoms with Crippen LogP contribution in [0.15, 0.2) is 54.6 Å². The van der Waals surface area contributed by atoms with E-state index in [1.54, 1.807) is 48.5 Å². The number of nitriles is 1. The fourth-order valence-electron chi connectivity index (χ4n) is 2.08. The van der Waals surface area contributed by atoms with Crippen LogP contribution in [0.4, 0.5) is 8.78 Å². The highest BCUT2D eigenvalue weighted by molar-refractivity contribution is 5.40. The van der Waals surface area contributed by atoms with Gasteiger partial charge in [-0.05, 0) is 37.3 Å². The number of hydrogen-bond acceptors (Lipinski definition) is 4. The molecule has 0 saturated carbocycles. The van der Waals surface area contributed by atoms with Crippen LogP contribution < -0.4 is 9.47 Å². The van der Waals surface area contributed by atoms with Crippen LogP contribution in [0.25, 0.3) is 0 Å². The summed E-state index contributed by atoms with van der Waals surface area (Å²) < 4.78 is 39.3. The standard InChI is InChI=1S/C19H12F2N2O2/c1-12-16(20)18(24-14-7-3-2-4-8-14)23-19(17(12)21)25-15-9-5-6-13(10-15)11-22/h2-10H,1H3. The quantitative estimate of drug-likeness (QED) is 0.662. The van der Waals surface area contributed by atoms with Crippen molar-refractivity contribution in [1.29, 1.82) is 5.26 Å². The van der Waals surface area contributed by atoms with E-state index < -0.39 is 23.4 Å². The molecule has 4 nitrogen and oxygen atoms in total. The van der Waals surface area contributed by atoms with Gasteiger partial charge in [0.05, 0.1) is 11.6 Å². The minimum atomic E-state index is -0.930. The molecule has 0 atom stereocenters. The van der Waals surface area contributed by atoms with E-state index in [0.717, 1.165) is 0 Å². The predicted molar refractivity (Wildman–Crippen MR) is 86.6 cm³/mol. The Balaban J connectivity index is 1.97. The summed E-state index contributed by atoms with van der Waals surface area (Å²) in [6.07, 6.45) is 0. The maximum Gasteiger partial charge on any atom is 0.259 e. The lowest BCUT2D eigenvalue weighted by atomic mass is 10.2. The molecule has 25 heavy (non-hydrogen) atoms. The van der Waals surface area contributed by atoms with E-state index in [0.29, 0.717) is 11.3 Å². The van der Waals surface area contributed by atoms with Crippen molar-refractivity contribution in [2.75, 3.05) is 0 Å². The number of hydrogen-bond donors (Lipinski definition) is 0. The Morgan fingerprint density at radius 3 is 2.12 bits per heavy atom. The highest BCUT2D eigenvalue weighted by Crippen LogP contribution is 2.32. The van der Waals surface area contributed by atoms with Gasteiger partial charge in [-0.1, -0.05) is 24.3 Å². The Morgan fingerprint density at radius 1 is 0.880 bits per heavy atom. The molecule has 0 spiro atoms. The van der Waals surface area contributed by atoms with E-state index in [1.165, 1.54) is 13.0 Å². The third-order valence-corrected chi connectivity index (χ3v) is 3.37. The molecule has 0 bridgehead atoms. The summed E-state index contributed by atoms with van der Waals surface area (Å²) in [7, 11) is 0. The van der Waals surface area contributed by atoms with Gasteiger partial charge in [0.25, 0.3) is 11.8 Å². The van der Waals surface area contributed by atoms with Gasteiger partial charge in [-0.15, -0.1) is 0 Å². The average molecular weight is 338 g/mol. The molecular formula is C19H12F2N2O2. The van der Waals surface area contributed by atoms with Crippen molar-refractivity contribution in [2.45, 2.75) is 6.92 Å². The average Bonchev–Trinajstić information content (AvgIpc) is 2.65. The van der Waals surface area contributed by atoms with Crippen molar-refractivity contribution < 1.29 is 18.3 Å². The lowest BCUT2D eigenvalue weighted by Gasteiger charge is -2.12. The van der Waals surface area contributed by atoms with Gasteiger partial charge in [-0.2, -0.15) is 10.2 Å². The van der Waals surface area contributed by atoms with Crippen molar-refractivity contribution in [3.8, 4) is 29.3 Å². The summed E-state index contributed by atoms with van der Waals surface area (Å²) >= 11 is 0. The fourth-order valence-corrected chi connectivity index (χ4v) is 2.08. The first-order valence-corrected chi connectivity index (χ1v) is 7.35. The Bertz CT molecular complexity index is 954. The molecule has 3 rings (SSSR count). The minimum Gasteiger partial charge on any atom is -0.436 e. The summed E-state index contributed by atoms with van der Waals surface area (Å²) in [5.41, 5.74) is 0.0740. The van der Waals surface area contributed by atoms with E-state index in [-0.39, 0.29) is 11.3 Å². The maximum atomic E-state index is 14.3. The topological polar surface area (TPSA) is 55.1 Å². The van der Waals surface area contributed by atoms with Crippen LogP contribution in [-0.4, -0.2) is 4.98 Å². The van der Waals surface area contributed by atoms with Crippen LogP contribution in [0.3, 0.4) is 0 Å². The van der Waals surface area contributed by atoms with Crippen molar-refractivity contribution in [3.05, 3.63) is 77.4 Å². The highest BCUT2D eigenvalue weighted by atomic mass is 19.1. The Labute approximate surface area is 142 Å². The normalized spacial score (nSPS) is 10.2. The molecule has 6 heteroatoms. The molecule has 0 fully saturated rings. The summed E-state index contributed by atoms with van der Waals surface area (Å²) in [5, 5.41) is 8.91. The number of pyridine rings is 1. The summed E-state index contributed by atoms with van der Waals surface area (Å²) in [5.74, 6) is -2.09. The first-order valence-electron chi connectivity index (χ1n) is 7.35. The van der Waals surface area contributed by atoms with Crippen LogP contribution in [0.2, 0.25) is 0 Å². The summed E-state index contributed by atoms with van der Waals surface area (Å²) in [4.78, 5) is 3.80. The van der Waals surface area contributed by atoms with Crippen LogP contribution >= 0.6 is 0 Å². The van der Waals surface area contributed by atoms with E-state index in [2.05, 4.69) is 4.98 Å². The lowest BCUT2D eigenvalue weighted by molar-refractivity contribution is 0.373. The maximum absolute atomic E-state index is 14.3. The smallest absolute Gasteiger partial charge is 0.259 e. The molecule has 1 aromatic heterocycles. The largest absolute Gasteiger partial charge is 0.436 e. The molecule has 3 aromatic rings. The van der Waals surface area contributed by atoms with E-state index >= 15 is 0 Å².